The van der Waals surface area contributed by atoms with Gasteiger partial charge < -0.3 is 15.2 Å². The molecule has 0 spiro atoms. The van der Waals surface area contributed by atoms with E-state index in [-0.39, 0.29) is 6.42 Å². The molecule has 0 saturated carbocycles. The van der Waals surface area contributed by atoms with Crippen LogP contribution in [0.2, 0.25) is 0 Å². The molecule has 21 heavy (non-hydrogen) atoms. The standard InChI is InChI=1S/C15H17N3O3/c1-21-15-16-8-7-13(18-15)10-17-12-4-2-3-11(9-12)5-6-14(19)20/h2-4,7-9,17H,5-6,10H2,1H3,(H,19,20). The van der Waals surface area contributed by atoms with Gasteiger partial charge in [0.1, 0.15) is 0 Å². The molecule has 0 bridgehead atoms. The first kappa shape index (κ1) is 14.8. The zero-order chi connectivity index (χ0) is 15.1. The van der Waals surface area contributed by atoms with Crippen molar-refractivity contribution in [2.75, 3.05) is 12.4 Å². The first-order chi connectivity index (χ1) is 10.2. The fraction of sp³-hybridized carbons (Fsp3) is 0.267. The van der Waals surface area contributed by atoms with Gasteiger partial charge in [-0.2, -0.15) is 4.98 Å². The summed E-state index contributed by atoms with van der Waals surface area (Å²) in [7, 11) is 1.53. The molecule has 0 radical (unpaired) electrons. The van der Waals surface area contributed by atoms with Gasteiger partial charge in [-0.15, -0.1) is 0 Å². The number of benzene rings is 1. The van der Waals surface area contributed by atoms with E-state index in [0.29, 0.717) is 19.0 Å². The van der Waals surface area contributed by atoms with Crippen LogP contribution in [-0.4, -0.2) is 28.2 Å². The van der Waals surface area contributed by atoms with Crippen molar-refractivity contribution in [1.29, 1.82) is 0 Å². The van der Waals surface area contributed by atoms with Gasteiger partial charge in [-0.1, -0.05) is 12.1 Å². The number of carboxylic acid groups (broad SMARTS) is 1. The first-order valence-corrected chi connectivity index (χ1v) is 6.58. The zero-order valence-corrected chi connectivity index (χ0v) is 11.7. The van der Waals surface area contributed by atoms with Gasteiger partial charge in [0, 0.05) is 18.3 Å². The summed E-state index contributed by atoms with van der Waals surface area (Å²) in [6.07, 6.45) is 2.30. The van der Waals surface area contributed by atoms with Crippen molar-refractivity contribution in [2.45, 2.75) is 19.4 Å². The minimum atomic E-state index is -0.790. The molecular weight excluding hydrogens is 270 g/mol. The second kappa shape index (κ2) is 7.23. The van der Waals surface area contributed by atoms with E-state index in [1.54, 1.807) is 6.20 Å². The van der Waals surface area contributed by atoms with Crippen LogP contribution in [0.5, 0.6) is 6.01 Å². The van der Waals surface area contributed by atoms with E-state index in [2.05, 4.69) is 15.3 Å². The van der Waals surface area contributed by atoms with Gasteiger partial charge in [-0.25, -0.2) is 4.98 Å². The van der Waals surface area contributed by atoms with Gasteiger partial charge in [-0.3, -0.25) is 4.79 Å². The number of aliphatic carboxylic acids is 1. The Morgan fingerprint density at radius 2 is 2.24 bits per heavy atom. The summed E-state index contributed by atoms with van der Waals surface area (Å²) < 4.78 is 4.97. The molecule has 0 aliphatic rings. The van der Waals surface area contributed by atoms with E-state index in [0.717, 1.165) is 16.9 Å². The molecule has 0 atom stereocenters. The zero-order valence-electron chi connectivity index (χ0n) is 11.7. The number of nitrogens with one attached hydrogen (secondary N) is 1. The van der Waals surface area contributed by atoms with Gasteiger partial charge in [0.15, 0.2) is 0 Å². The van der Waals surface area contributed by atoms with E-state index >= 15 is 0 Å². The lowest BCUT2D eigenvalue weighted by atomic mass is 10.1. The highest BCUT2D eigenvalue weighted by atomic mass is 16.5. The number of aromatic nitrogens is 2. The number of hydrogen-bond acceptors (Lipinski definition) is 5. The normalized spacial score (nSPS) is 10.1. The SMILES string of the molecule is COc1nccc(CNc2cccc(CCC(=O)O)c2)n1. The Morgan fingerprint density at radius 1 is 1.38 bits per heavy atom. The van der Waals surface area contributed by atoms with E-state index in [1.165, 1.54) is 7.11 Å². The molecule has 2 rings (SSSR count). The molecule has 0 fully saturated rings. The molecule has 6 heteroatoms. The van der Waals surface area contributed by atoms with Crippen molar-refractivity contribution >= 4 is 11.7 Å². The fourth-order valence-electron chi connectivity index (χ4n) is 1.85. The number of aryl methyl sites for hydroxylation is 1. The number of carbonyl (C=O) groups is 1. The quantitative estimate of drug-likeness (QED) is 0.811. The molecule has 2 N–H and O–H groups in total. The summed E-state index contributed by atoms with van der Waals surface area (Å²) in [4.78, 5) is 18.8. The number of anilines is 1. The number of methoxy groups -OCH3 is 1. The second-order valence-electron chi connectivity index (χ2n) is 4.48. The Labute approximate surface area is 122 Å². The van der Waals surface area contributed by atoms with Crippen LogP contribution < -0.4 is 10.1 Å². The molecule has 0 amide bonds. The average Bonchev–Trinajstić information content (AvgIpc) is 2.51. The Balaban J connectivity index is 1.96. The molecule has 6 nitrogen and oxygen atoms in total. The second-order valence-corrected chi connectivity index (χ2v) is 4.48. The highest BCUT2D eigenvalue weighted by Gasteiger charge is 2.02. The van der Waals surface area contributed by atoms with E-state index in [9.17, 15) is 4.79 Å². The van der Waals surface area contributed by atoms with Gasteiger partial charge >= 0.3 is 12.0 Å². The lowest BCUT2D eigenvalue weighted by molar-refractivity contribution is -0.136. The van der Waals surface area contributed by atoms with Crippen LogP contribution >= 0.6 is 0 Å². The lowest BCUT2D eigenvalue weighted by Gasteiger charge is -2.08. The predicted molar refractivity (Wildman–Crippen MR) is 78.3 cm³/mol. The van der Waals surface area contributed by atoms with Crippen molar-refractivity contribution in [2.24, 2.45) is 0 Å². The molecule has 1 heterocycles. The summed E-state index contributed by atoms with van der Waals surface area (Å²) in [6, 6.07) is 9.85. The first-order valence-electron chi connectivity index (χ1n) is 6.58. The highest BCUT2D eigenvalue weighted by molar-refractivity contribution is 5.67. The summed E-state index contributed by atoms with van der Waals surface area (Å²) in [5.74, 6) is -0.790. The maximum absolute atomic E-state index is 10.6. The molecule has 110 valence electrons. The molecule has 0 saturated heterocycles. The van der Waals surface area contributed by atoms with Crippen molar-refractivity contribution in [3.05, 3.63) is 47.8 Å². The topological polar surface area (TPSA) is 84.3 Å². The minimum Gasteiger partial charge on any atom is -0.481 e. The minimum absolute atomic E-state index is 0.132. The summed E-state index contributed by atoms with van der Waals surface area (Å²) in [5.41, 5.74) is 2.73. The maximum Gasteiger partial charge on any atom is 0.316 e. The third-order valence-electron chi connectivity index (χ3n) is 2.90. The number of hydrogen-bond donors (Lipinski definition) is 2. The molecule has 1 aromatic heterocycles. The Kier molecular flexibility index (Phi) is 5.09. The summed E-state index contributed by atoms with van der Waals surface area (Å²) in [5, 5.41) is 12.0. The van der Waals surface area contributed by atoms with E-state index in [1.807, 2.05) is 30.3 Å². The van der Waals surface area contributed by atoms with Crippen molar-refractivity contribution < 1.29 is 14.6 Å². The molecule has 1 aromatic carbocycles. The Hall–Kier alpha value is -2.63. The molecule has 0 aliphatic carbocycles. The fourth-order valence-corrected chi connectivity index (χ4v) is 1.85. The van der Waals surface area contributed by atoms with Crippen LogP contribution in [0, 0.1) is 0 Å². The third kappa shape index (κ3) is 4.76. The predicted octanol–water partition coefficient (Wildman–Crippen LogP) is 2.11. The average molecular weight is 287 g/mol. The van der Waals surface area contributed by atoms with Crippen LogP contribution in [0.1, 0.15) is 17.7 Å². The monoisotopic (exact) mass is 287 g/mol. The molecule has 0 unspecified atom stereocenters. The van der Waals surface area contributed by atoms with E-state index < -0.39 is 5.97 Å². The molecular formula is C15H17N3O3. The van der Waals surface area contributed by atoms with Crippen molar-refractivity contribution in [3.63, 3.8) is 0 Å². The number of ether oxygens (including phenoxy) is 1. The molecule has 0 aliphatic heterocycles. The third-order valence-corrected chi connectivity index (χ3v) is 2.90. The summed E-state index contributed by atoms with van der Waals surface area (Å²) in [6.45, 7) is 0.543. The van der Waals surface area contributed by atoms with Crippen LogP contribution in [0.25, 0.3) is 0 Å². The van der Waals surface area contributed by atoms with Crippen molar-refractivity contribution in [1.82, 2.24) is 9.97 Å². The number of nitrogens with zero attached hydrogens (tertiary/aromatic N) is 2. The van der Waals surface area contributed by atoms with Crippen LogP contribution in [0.3, 0.4) is 0 Å². The highest BCUT2D eigenvalue weighted by Crippen LogP contribution is 2.13. The number of carboxylic acids is 1. The van der Waals surface area contributed by atoms with E-state index in [4.69, 9.17) is 9.84 Å². The smallest absolute Gasteiger partial charge is 0.316 e. The largest absolute Gasteiger partial charge is 0.481 e. The van der Waals surface area contributed by atoms with Crippen molar-refractivity contribution in [3.8, 4) is 6.01 Å². The van der Waals surface area contributed by atoms with Gasteiger partial charge in [0.05, 0.1) is 19.3 Å². The summed E-state index contributed by atoms with van der Waals surface area (Å²) >= 11 is 0. The van der Waals surface area contributed by atoms with Crippen LogP contribution in [0.4, 0.5) is 5.69 Å². The Morgan fingerprint density at radius 3 is 3.00 bits per heavy atom. The van der Waals surface area contributed by atoms with Crippen LogP contribution in [0.15, 0.2) is 36.5 Å². The number of rotatable bonds is 7. The maximum atomic E-state index is 10.6. The van der Waals surface area contributed by atoms with Crippen LogP contribution in [-0.2, 0) is 17.8 Å². The van der Waals surface area contributed by atoms with Gasteiger partial charge in [-0.05, 0) is 30.2 Å². The Bertz CT molecular complexity index is 617. The lowest BCUT2D eigenvalue weighted by Crippen LogP contribution is -2.04. The molecule has 2 aromatic rings. The van der Waals surface area contributed by atoms with Gasteiger partial charge in [0.2, 0.25) is 0 Å². The van der Waals surface area contributed by atoms with Gasteiger partial charge in [0.25, 0.3) is 0 Å².